The molecule has 0 aliphatic carbocycles. The Labute approximate surface area is 106 Å². The van der Waals surface area contributed by atoms with E-state index in [0.717, 1.165) is 11.7 Å². The SMILES string of the molecule is CC(C)Cn1c(C(C)C)cnc1SCC(=O)O. The van der Waals surface area contributed by atoms with Crippen molar-refractivity contribution in [2.45, 2.75) is 45.3 Å². The molecule has 1 heterocycles. The van der Waals surface area contributed by atoms with E-state index in [2.05, 4.69) is 37.2 Å². The highest BCUT2D eigenvalue weighted by Gasteiger charge is 2.14. The molecular formula is C12H20N2O2S. The second kappa shape index (κ2) is 6.10. The van der Waals surface area contributed by atoms with Gasteiger partial charge in [0.05, 0.1) is 5.75 Å². The minimum atomic E-state index is -0.805. The predicted molar refractivity (Wildman–Crippen MR) is 69.5 cm³/mol. The number of imidazole rings is 1. The van der Waals surface area contributed by atoms with Crippen molar-refractivity contribution in [2.24, 2.45) is 5.92 Å². The number of thioether (sulfide) groups is 1. The maximum atomic E-state index is 10.6. The van der Waals surface area contributed by atoms with E-state index in [4.69, 9.17) is 5.11 Å². The molecule has 4 nitrogen and oxygen atoms in total. The standard InChI is InChI=1S/C12H20N2O2S/c1-8(2)6-14-10(9(3)4)5-13-12(14)17-7-11(15)16/h5,8-9H,6-7H2,1-4H3,(H,15,16). The first-order chi connectivity index (χ1) is 7.91. The Kier molecular flexibility index (Phi) is 5.05. The third-order valence-electron chi connectivity index (χ3n) is 2.31. The van der Waals surface area contributed by atoms with E-state index in [1.165, 1.54) is 17.5 Å². The summed E-state index contributed by atoms with van der Waals surface area (Å²) in [7, 11) is 0. The Morgan fingerprint density at radius 3 is 2.59 bits per heavy atom. The Morgan fingerprint density at radius 2 is 2.12 bits per heavy atom. The molecule has 1 N–H and O–H groups in total. The van der Waals surface area contributed by atoms with Crippen LogP contribution in [-0.4, -0.2) is 26.4 Å². The van der Waals surface area contributed by atoms with Gasteiger partial charge in [-0.2, -0.15) is 0 Å². The highest BCUT2D eigenvalue weighted by molar-refractivity contribution is 7.99. The molecule has 0 radical (unpaired) electrons. The second-order valence-electron chi connectivity index (χ2n) is 4.81. The number of nitrogens with zero attached hydrogens (tertiary/aromatic N) is 2. The summed E-state index contributed by atoms with van der Waals surface area (Å²) in [5, 5.41) is 9.52. The fraction of sp³-hybridized carbons (Fsp3) is 0.667. The van der Waals surface area contributed by atoms with Gasteiger partial charge in [-0.05, 0) is 11.8 Å². The minimum Gasteiger partial charge on any atom is -0.481 e. The van der Waals surface area contributed by atoms with Gasteiger partial charge < -0.3 is 9.67 Å². The summed E-state index contributed by atoms with van der Waals surface area (Å²) in [6, 6.07) is 0. The van der Waals surface area contributed by atoms with Crippen LogP contribution in [-0.2, 0) is 11.3 Å². The Balaban J connectivity index is 2.91. The van der Waals surface area contributed by atoms with Gasteiger partial charge in [-0.3, -0.25) is 4.79 Å². The minimum absolute atomic E-state index is 0.0621. The molecule has 1 aromatic heterocycles. The third kappa shape index (κ3) is 4.07. The van der Waals surface area contributed by atoms with Crippen molar-refractivity contribution in [1.82, 2.24) is 9.55 Å². The number of rotatable bonds is 6. The van der Waals surface area contributed by atoms with Gasteiger partial charge in [0, 0.05) is 18.4 Å². The number of carboxylic acid groups (broad SMARTS) is 1. The first-order valence-corrected chi connectivity index (χ1v) is 6.80. The Bertz CT molecular complexity index is 386. The van der Waals surface area contributed by atoms with Crippen LogP contribution in [0.4, 0.5) is 0 Å². The van der Waals surface area contributed by atoms with E-state index in [-0.39, 0.29) is 5.75 Å². The lowest BCUT2D eigenvalue weighted by molar-refractivity contribution is -0.133. The van der Waals surface area contributed by atoms with Gasteiger partial charge in [-0.25, -0.2) is 4.98 Å². The predicted octanol–water partition coefficient (Wildman–Crippen LogP) is 2.84. The smallest absolute Gasteiger partial charge is 0.313 e. The summed E-state index contributed by atoms with van der Waals surface area (Å²) in [5.74, 6) is 0.179. The topological polar surface area (TPSA) is 55.1 Å². The first-order valence-electron chi connectivity index (χ1n) is 5.81. The van der Waals surface area contributed by atoms with Crippen LogP contribution in [0.5, 0.6) is 0 Å². The first kappa shape index (κ1) is 14.1. The van der Waals surface area contributed by atoms with Gasteiger partial charge in [0.15, 0.2) is 5.16 Å². The third-order valence-corrected chi connectivity index (χ3v) is 3.29. The fourth-order valence-electron chi connectivity index (χ4n) is 1.62. The van der Waals surface area contributed by atoms with Crippen LogP contribution >= 0.6 is 11.8 Å². The number of hydrogen-bond acceptors (Lipinski definition) is 3. The monoisotopic (exact) mass is 256 g/mol. The van der Waals surface area contributed by atoms with Crippen molar-refractivity contribution in [1.29, 1.82) is 0 Å². The molecule has 0 amide bonds. The van der Waals surface area contributed by atoms with Crippen LogP contribution in [0.1, 0.15) is 39.3 Å². The average Bonchev–Trinajstić information content (AvgIpc) is 2.57. The normalized spacial score (nSPS) is 11.4. The van der Waals surface area contributed by atoms with E-state index < -0.39 is 5.97 Å². The van der Waals surface area contributed by atoms with E-state index in [1.807, 2.05) is 6.20 Å². The largest absolute Gasteiger partial charge is 0.481 e. The van der Waals surface area contributed by atoms with Crippen molar-refractivity contribution >= 4 is 17.7 Å². The number of hydrogen-bond donors (Lipinski definition) is 1. The average molecular weight is 256 g/mol. The highest BCUT2D eigenvalue weighted by atomic mass is 32.2. The molecule has 0 atom stereocenters. The molecule has 0 spiro atoms. The van der Waals surface area contributed by atoms with Crippen LogP contribution in [0, 0.1) is 5.92 Å². The van der Waals surface area contributed by atoms with Gasteiger partial charge in [0.25, 0.3) is 0 Å². The Morgan fingerprint density at radius 1 is 1.47 bits per heavy atom. The van der Waals surface area contributed by atoms with Crippen molar-refractivity contribution in [3.05, 3.63) is 11.9 Å². The molecule has 17 heavy (non-hydrogen) atoms. The second-order valence-corrected chi connectivity index (χ2v) is 5.75. The summed E-state index contributed by atoms with van der Waals surface area (Å²) < 4.78 is 2.14. The van der Waals surface area contributed by atoms with Gasteiger partial charge in [-0.1, -0.05) is 39.5 Å². The lowest BCUT2D eigenvalue weighted by Gasteiger charge is -2.15. The van der Waals surface area contributed by atoms with Crippen molar-refractivity contribution in [3.8, 4) is 0 Å². The van der Waals surface area contributed by atoms with Gasteiger partial charge in [-0.15, -0.1) is 0 Å². The zero-order chi connectivity index (χ0) is 13.0. The van der Waals surface area contributed by atoms with E-state index in [1.54, 1.807) is 0 Å². The molecule has 0 saturated heterocycles. The van der Waals surface area contributed by atoms with Crippen molar-refractivity contribution < 1.29 is 9.90 Å². The van der Waals surface area contributed by atoms with E-state index in [9.17, 15) is 4.79 Å². The summed E-state index contributed by atoms with van der Waals surface area (Å²) in [6.45, 7) is 9.43. The summed E-state index contributed by atoms with van der Waals surface area (Å²) in [4.78, 5) is 14.9. The molecule has 0 saturated carbocycles. The molecule has 5 heteroatoms. The number of aromatic nitrogens is 2. The Hall–Kier alpha value is -0.970. The molecule has 0 aliphatic rings. The maximum absolute atomic E-state index is 10.6. The summed E-state index contributed by atoms with van der Waals surface area (Å²) in [5.41, 5.74) is 1.17. The number of carbonyl (C=O) groups is 1. The van der Waals surface area contributed by atoms with E-state index in [0.29, 0.717) is 11.8 Å². The zero-order valence-corrected chi connectivity index (χ0v) is 11.6. The molecule has 1 aromatic rings. The number of aliphatic carboxylic acids is 1. The maximum Gasteiger partial charge on any atom is 0.313 e. The lowest BCUT2D eigenvalue weighted by atomic mass is 10.1. The van der Waals surface area contributed by atoms with E-state index >= 15 is 0 Å². The molecule has 0 bridgehead atoms. The van der Waals surface area contributed by atoms with Crippen molar-refractivity contribution in [3.63, 3.8) is 0 Å². The number of carboxylic acids is 1. The summed E-state index contributed by atoms with van der Waals surface area (Å²) in [6.07, 6.45) is 1.86. The van der Waals surface area contributed by atoms with Crippen LogP contribution in [0.15, 0.2) is 11.4 Å². The molecule has 0 aromatic carbocycles. The molecule has 0 unspecified atom stereocenters. The fourth-order valence-corrected chi connectivity index (χ4v) is 2.34. The molecule has 0 aliphatic heterocycles. The van der Waals surface area contributed by atoms with Crippen LogP contribution in [0.2, 0.25) is 0 Å². The van der Waals surface area contributed by atoms with Gasteiger partial charge in [0.1, 0.15) is 0 Å². The summed E-state index contributed by atoms with van der Waals surface area (Å²) >= 11 is 1.29. The van der Waals surface area contributed by atoms with Crippen molar-refractivity contribution in [2.75, 3.05) is 5.75 Å². The van der Waals surface area contributed by atoms with Crippen LogP contribution in [0.25, 0.3) is 0 Å². The van der Waals surface area contributed by atoms with Crippen LogP contribution in [0.3, 0.4) is 0 Å². The molecule has 96 valence electrons. The lowest BCUT2D eigenvalue weighted by Crippen LogP contribution is -2.11. The zero-order valence-electron chi connectivity index (χ0n) is 10.8. The quantitative estimate of drug-likeness (QED) is 0.795. The highest BCUT2D eigenvalue weighted by Crippen LogP contribution is 2.24. The molecule has 0 fully saturated rings. The van der Waals surface area contributed by atoms with Gasteiger partial charge >= 0.3 is 5.97 Å². The van der Waals surface area contributed by atoms with Crippen LogP contribution < -0.4 is 0 Å². The molecule has 1 rings (SSSR count). The molecular weight excluding hydrogens is 236 g/mol. The van der Waals surface area contributed by atoms with Gasteiger partial charge in [0.2, 0.25) is 0 Å².